The molecule has 1 amide bonds. The third kappa shape index (κ3) is 4.60. The van der Waals surface area contributed by atoms with Crippen LogP contribution in [0.1, 0.15) is 30.9 Å². The summed E-state index contributed by atoms with van der Waals surface area (Å²) >= 11 is 11.9. The second kappa shape index (κ2) is 8.61. The molecule has 2 aromatic rings. The van der Waals surface area contributed by atoms with E-state index in [0.717, 1.165) is 24.0 Å². The van der Waals surface area contributed by atoms with Crippen molar-refractivity contribution in [2.45, 2.75) is 32.2 Å². The quantitative estimate of drug-likeness (QED) is 0.588. The SMILES string of the molecule is CCCCN1C(=O)O/C(=C\c2ccc(Cl)cc2)C1Cc1ccc(Cl)cc1. The Labute approximate surface area is 164 Å². The van der Waals surface area contributed by atoms with Gasteiger partial charge in [-0.3, -0.25) is 4.90 Å². The molecule has 3 nitrogen and oxygen atoms in total. The number of unbranched alkanes of at least 4 members (excludes halogenated alkanes) is 1. The lowest BCUT2D eigenvalue weighted by atomic mass is 10.0. The molecule has 0 bridgehead atoms. The first kappa shape index (κ1) is 18.8. The summed E-state index contributed by atoms with van der Waals surface area (Å²) in [6.45, 7) is 2.80. The van der Waals surface area contributed by atoms with Crippen LogP contribution in [0.25, 0.3) is 6.08 Å². The summed E-state index contributed by atoms with van der Waals surface area (Å²) in [5.41, 5.74) is 2.07. The lowest BCUT2D eigenvalue weighted by molar-refractivity contribution is 0.164. The van der Waals surface area contributed by atoms with Crippen LogP contribution in [0.3, 0.4) is 0 Å². The Morgan fingerprint density at radius 2 is 1.65 bits per heavy atom. The molecule has 3 rings (SSSR count). The maximum Gasteiger partial charge on any atom is 0.415 e. The van der Waals surface area contributed by atoms with E-state index in [0.29, 0.717) is 28.8 Å². The monoisotopic (exact) mass is 389 g/mol. The van der Waals surface area contributed by atoms with Gasteiger partial charge in [0.15, 0.2) is 0 Å². The number of hydrogen-bond donors (Lipinski definition) is 0. The molecule has 5 heteroatoms. The van der Waals surface area contributed by atoms with Crippen molar-refractivity contribution in [1.29, 1.82) is 0 Å². The fourth-order valence-electron chi connectivity index (χ4n) is 2.99. The number of rotatable bonds is 6. The van der Waals surface area contributed by atoms with Gasteiger partial charge in [0.05, 0.1) is 6.04 Å². The van der Waals surface area contributed by atoms with Crippen LogP contribution in [0.15, 0.2) is 54.3 Å². The Morgan fingerprint density at radius 3 is 2.27 bits per heavy atom. The van der Waals surface area contributed by atoms with Gasteiger partial charge in [-0.2, -0.15) is 0 Å². The Balaban J connectivity index is 1.88. The maximum absolute atomic E-state index is 12.4. The third-order valence-electron chi connectivity index (χ3n) is 4.42. The highest BCUT2D eigenvalue weighted by molar-refractivity contribution is 6.30. The van der Waals surface area contributed by atoms with Gasteiger partial charge >= 0.3 is 6.09 Å². The number of hydrogen-bond acceptors (Lipinski definition) is 2. The van der Waals surface area contributed by atoms with Crippen LogP contribution in [0.4, 0.5) is 4.79 Å². The minimum atomic E-state index is -0.280. The van der Waals surface area contributed by atoms with Gasteiger partial charge in [0.25, 0.3) is 0 Å². The molecule has 0 radical (unpaired) electrons. The summed E-state index contributed by atoms with van der Waals surface area (Å²) in [7, 11) is 0. The van der Waals surface area contributed by atoms with Gasteiger partial charge in [0.1, 0.15) is 5.76 Å². The Kier molecular flexibility index (Phi) is 6.23. The Bertz CT molecular complexity index is 785. The third-order valence-corrected chi connectivity index (χ3v) is 4.92. The molecule has 0 N–H and O–H groups in total. The largest absolute Gasteiger partial charge is 0.415 e. The Hall–Kier alpha value is -1.97. The zero-order valence-corrected chi connectivity index (χ0v) is 16.1. The molecule has 0 aromatic heterocycles. The number of amides is 1. The summed E-state index contributed by atoms with van der Waals surface area (Å²) in [4.78, 5) is 14.2. The van der Waals surface area contributed by atoms with E-state index >= 15 is 0 Å². The molecule has 1 unspecified atom stereocenters. The Morgan fingerprint density at radius 1 is 1.04 bits per heavy atom. The summed E-state index contributed by atoms with van der Waals surface area (Å²) in [5, 5.41) is 1.38. The van der Waals surface area contributed by atoms with Crippen LogP contribution >= 0.6 is 23.2 Å². The molecule has 2 aromatic carbocycles. The highest BCUT2D eigenvalue weighted by Gasteiger charge is 2.37. The molecule has 0 aliphatic carbocycles. The van der Waals surface area contributed by atoms with E-state index in [1.807, 2.05) is 59.5 Å². The van der Waals surface area contributed by atoms with E-state index in [9.17, 15) is 4.79 Å². The zero-order chi connectivity index (χ0) is 18.5. The van der Waals surface area contributed by atoms with Crippen molar-refractivity contribution in [2.24, 2.45) is 0 Å². The topological polar surface area (TPSA) is 29.5 Å². The second-order valence-corrected chi connectivity index (χ2v) is 7.23. The van der Waals surface area contributed by atoms with Gasteiger partial charge in [-0.15, -0.1) is 0 Å². The van der Waals surface area contributed by atoms with E-state index in [-0.39, 0.29) is 12.1 Å². The van der Waals surface area contributed by atoms with Gasteiger partial charge < -0.3 is 4.74 Å². The smallest absolute Gasteiger partial charge is 0.412 e. The van der Waals surface area contributed by atoms with Crippen molar-refractivity contribution in [1.82, 2.24) is 4.90 Å². The number of halogens is 2. The molecule has 1 aliphatic heterocycles. The molecular formula is C21H21Cl2NO2. The van der Waals surface area contributed by atoms with E-state index in [1.165, 1.54) is 0 Å². The first-order chi connectivity index (χ1) is 12.6. The normalized spacial score (nSPS) is 18.4. The van der Waals surface area contributed by atoms with Gasteiger partial charge in [-0.05, 0) is 47.9 Å². The fraction of sp³-hybridized carbons (Fsp3) is 0.286. The summed E-state index contributed by atoms with van der Waals surface area (Å²) in [6.07, 6.45) is 4.29. The maximum atomic E-state index is 12.4. The molecule has 1 saturated heterocycles. The summed E-state index contributed by atoms with van der Waals surface area (Å²) in [5.74, 6) is 0.670. The van der Waals surface area contributed by atoms with Crippen LogP contribution in [0, 0.1) is 0 Å². The van der Waals surface area contributed by atoms with Crippen molar-refractivity contribution in [3.8, 4) is 0 Å². The van der Waals surface area contributed by atoms with Crippen LogP contribution in [0.5, 0.6) is 0 Å². The highest BCUT2D eigenvalue weighted by Crippen LogP contribution is 2.29. The van der Waals surface area contributed by atoms with Gasteiger partial charge in [-0.1, -0.05) is 60.8 Å². The molecular weight excluding hydrogens is 369 g/mol. The average Bonchev–Trinajstić information content (AvgIpc) is 2.91. The number of carbonyl (C=O) groups excluding carboxylic acids is 1. The van der Waals surface area contributed by atoms with Crippen molar-refractivity contribution in [3.63, 3.8) is 0 Å². The first-order valence-electron chi connectivity index (χ1n) is 8.77. The highest BCUT2D eigenvalue weighted by atomic mass is 35.5. The number of cyclic esters (lactones) is 1. The minimum absolute atomic E-state index is 0.120. The lowest BCUT2D eigenvalue weighted by Gasteiger charge is -2.21. The van der Waals surface area contributed by atoms with Crippen molar-refractivity contribution in [3.05, 3.63) is 75.5 Å². The van der Waals surface area contributed by atoms with E-state index in [2.05, 4.69) is 6.92 Å². The molecule has 0 spiro atoms. The standard InChI is InChI=1S/C21H21Cl2NO2/c1-2-3-12-24-19(13-15-4-8-17(22)9-5-15)20(26-21(24)25)14-16-6-10-18(23)11-7-16/h4-11,14,19H,2-3,12-13H2,1H3/b20-14-. The van der Waals surface area contributed by atoms with Crippen LogP contribution in [-0.2, 0) is 11.2 Å². The van der Waals surface area contributed by atoms with E-state index < -0.39 is 0 Å². The second-order valence-electron chi connectivity index (χ2n) is 6.36. The molecule has 1 heterocycles. The average molecular weight is 390 g/mol. The zero-order valence-electron chi connectivity index (χ0n) is 14.6. The molecule has 1 aliphatic rings. The number of benzene rings is 2. The lowest BCUT2D eigenvalue weighted by Crippen LogP contribution is -2.35. The van der Waals surface area contributed by atoms with Gasteiger partial charge in [0, 0.05) is 23.0 Å². The molecule has 0 saturated carbocycles. The molecule has 136 valence electrons. The van der Waals surface area contributed by atoms with Crippen molar-refractivity contribution >= 4 is 35.4 Å². The minimum Gasteiger partial charge on any atom is -0.412 e. The van der Waals surface area contributed by atoms with Crippen LogP contribution < -0.4 is 0 Å². The number of ether oxygens (including phenoxy) is 1. The number of carbonyl (C=O) groups is 1. The van der Waals surface area contributed by atoms with Crippen molar-refractivity contribution in [2.75, 3.05) is 6.54 Å². The molecule has 1 fully saturated rings. The fourth-order valence-corrected chi connectivity index (χ4v) is 3.24. The van der Waals surface area contributed by atoms with E-state index in [1.54, 1.807) is 0 Å². The number of nitrogens with zero attached hydrogens (tertiary/aromatic N) is 1. The molecule has 26 heavy (non-hydrogen) atoms. The predicted molar refractivity (Wildman–Crippen MR) is 106 cm³/mol. The summed E-state index contributed by atoms with van der Waals surface area (Å²) in [6, 6.07) is 15.1. The van der Waals surface area contributed by atoms with Crippen LogP contribution in [0.2, 0.25) is 10.0 Å². The van der Waals surface area contributed by atoms with Crippen LogP contribution in [-0.4, -0.2) is 23.6 Å². The summed E-state index contributed by atoms with van der Waals surface area (Å²) < 4.78 is 5.60. The van der Waals surface area contributed by atoms with Crippen molar-refractivity contribution < 1.29 is 9.53 Å². The van der Waals surface area contributed by atoms with E-state index in [4.69, 9.17) is 27.9 Å². The predicted octanol–water partition coefficient (Wildman–Crippen LogP) is 6.20. The van der Waals surface area contributed by atoms with Gasteiger partial charge in [0.2, 0.25) is 0 Å². The van der Waals surface area contributed by atoms with Gasteiger partial charge in [-0.25, -0.2) is 4.79 Å². The molecule has 1 atom stereocenters. The first-order valence-corrected chi connectivity index (χ1v) is 9.52.